The van der Waals surface area contributed by atoms with Gasteiger partial charge < -0.3 is 14.9 Å². The number of carboxylic acids is 1. The van der Waals surface area contributed by atoms with E-state index >= 15 is 0 Å². The minimum Gasteiger partial charge on any atom is -0.478 e. The number of nitrogens with zero attached hydrogens (tertiary/aromatic N) is 3. The van der Waals surface area contributed by atoms with Gasteiger partial charge in [0.1, 0.15) is 11.6 Å². The van der Waals surface area contributed by atoms with E-state index in [4.69, 9.17) is 0 Å². The van der Waals surface area contributed by atoms with Crippen molar-refractivity contribution in [2.45, 2.75) is 4.90 Å². The SMILES string of the molecule is O=C(O)c1cc(N2CCN(c3ccc(F)cc3)CC2)nc2ccc(NS(=O)(=O)c3ccccc3)cc12. The van der Waals surface area contributed by atoms with Crippen molar-refractivity contribution in [3.05, 3.63) is 90.2 Å². The molecule has 1 aliphatic heterocycles. The van der Waals surface area contributed by atoms with E-state index in [0.29, 0.717) is 42.9 Å². The van der Waals surface area contributed by atoms with Gasteiger partial charge in [0.2, 0.25) is 0 Å². The topological polar surface area (TPSA) is 103 Å². The lowest BCUT2D eigenvalue weighted by atomic mass is 10.1. The van der Waals surface area contributed by atoms with Crippen LogP contribution in [0.3, 0.4) is 0 Å². The van der Waals surface area contributed by atoms with E-state index in [2.05, 4.69) is 14.6 Å². The van der Waals surface area contributed by atoms with Crippen LogP contribution in [0.4, 0.5) is 21.6 Å². The van der Waals surface area contributed by atoms with Gasteiger partial charge in [-0.1, -0.05) is 18.2 Å². The molecule has 1 saturated heterocycles. The van der Waals surface area contributed by atoms with Crippen molar-refractivity contribution in [2.75, 3.05) is 40.7 Å². The van der Waals surface area contributed by atoms with Crippen molar-refractivity contribution in [2.24, 2.45) is 0 Å². The zero-order chi connectivity index (χ0) is 25.3. The number of fused-ring (bicyclic) bond motifs is 1. The number of carbonyl (C=O) groups is 1. The fourth-order valence-corrected chi connectivity index (χ4v) is 5.34. The zero-order valence-electron chi connectivity index (χ0n) is 19.1. The van der Waals surface area contributed by atoms with Gasteiger partial charge in [0.15, 0.2) is 0 Å². The first-order valence-corrected chi connectivity index (χ1v) is 12.8. The molecule has 8 nitrogen and oxygen atoms in total. The summed E-state index contributed by atoms with van der Waals surface area (Å²) in [5.74, 6) is -0.872. The largest absolute Gasteiger partial charge is 0.478 e. The summed E-state index contributed by atoms with van der Waals surface area (Å²) in [6, 6.07) is 20.5. The first-order chi connectivity index (χ1) is 17.3. The maximum absolute atomic E-state index is 13.2. The predicted molar refractivity (Wildman–Crippen MR) is 137 cm³/mol. The Morgan fingerprint density at radius 1 is 0.889 bits per heavy atom. The zero-order valence-corrected chi connectivity index (χ0v) is 20.0. The smallest absolute Gasteiger partial charge is 0.336 e. The molecule has 0 amide bonds. The summed E-state index contributed by atoms with van der Waals surface area (Å²) < 4.78 is 41.1. The molecule has 1 fully saturated rings. The number of aromatic nitrogens is 1. The molecule has 1 aromatic heterocycles. The highest BCUT2D eigenvalue weighted by molar-refractivity contribution is 7.92. The number of nitrogens with one attached hydrogen (secondary N) is 1. The maximum atomic E-state index is 13.2. The Morgan fingerprint density at radius 2 is 1.56 bits per heavy atom. The summed E-state index contributed by atoms with van der Waals surface area (Å²) in [7, 11) is -3.82. The van der Waals surface area contributed by atoms with Gasteiger partial charge in [0.05, 0.1) is 16.0 Å². The Labute approximate surface area is 207 Å². The first kappa shape index (κ1) is 23.6. The molecular weight excluding hydrogens is 483 g/mol. The molecule has 0 atom stereocenters. The number of rotatable bonds is 6. The van der Waals surface area contributed by atoms with E-state index in [1.807, 2.05) is 4.90 Å². The van der Waals surface area contributed by atoms with E-state index in [0.717, 1.165) is 5.69 Å². The Balaban J connectivity index is 1.40. The molecule has 1 aliphatic rings. The number of hydrogen-bond donors (Lipinski definition) is 2. The van der Waals surface area contributed by atoms with Gasteiger partial charge in [0.25, 0.3) is 10.0 Å². The monoisotopic (exact) mass is 506 g/mol. The number of pyridine rings is 1. The Kier molecular flexibility index (Phi) is 6.19. The summed E-state index contributed by atoms with van der Waals surface area (Å²) in [5, 5.41) is 10.2. The standard InChI is InChI=1S/C26H23FN4O4S/c27-18-6-9-20(10-7-18)30-12-14-31(15-13-30)25-17-23(26(32)33)22-16-19(8-11-24(22)28-25)29-36(34,35)21-4-2-1-3-5-21/h1-11,16-17,29H,12-15H2,(H,32,33). The van der Waals surface area contributed by atoms with Crippen LogP contribution < -0.4 is 14.5 Å². The van der Waals surface area contributed by atoms with Crippen LogP contribution in [-0.2, 0) is 10.0 Å². The summed E-state index contributed by atoms with van der Waals surface area (Å²) >= 11 is 0. The van der Waals surface area contributed by atoms with Gasteiger partial charge in [-0.05, 0) is 60.7 Å². The Bertz CT molecular complexity index is 1520. The highest BCUT2D eigenvalue weighted by Gasteiger charge is 2.22. The van der Waals surface area contributed by atoms with E-state index < -0.39 is 16.0 Å². The lowest BCUT2D eigenvalue weighted by molar-refractivity contribution is 0.0699. The molecule has 0 unspecified atom stereocenters. The van der Waals surface area contributed by atoms with Crippen LogP contribution in [0.5, 0.6) is 0 Å². The molecule has 2 N–H and O–H groups in total. The normalized spacial score (nSPS) is 14.1. The highest BCUT2D eigenvalue weighted by Crippen LogP contribution is 2.28. The maximum Gasteiger partial charge on any atom is 0.336 e. The predicted octanol–water partition coefficient (Wildman–Crippen LogP) is 4.20. The summed E-state index contributed by atoms with van der Waals surface area (Å²) in [6.07, 6.45) is 0. The van der Waals surface area contributed by atoms with Gasteiger partial charge in [-0.2, -0.15) is 0 Å². The number of halogens is 1. The van der Waals surface area contributed by atoms with Crippen molar-refractivity contribution in [3.8, 4) is 0 Å². The summed E-state index contributed by atoms with van der Waals surface area (Å²) in [4.78, 5) is 21.0. The number of piperazine rings is 1. The number of carboxylic acid groups (broad SMARTS) is 1. The fraction of sp³-hybridized carbons (Fsp3) is 0.154. The van der Waals surface area contributed by atoms with E-state index in [9.17, 15) is 22.7 Å². The number of sulfonamides is 1. The third kappa shape index (κ3) is 4.80. The molecule has 0 saturated carbocycles. The van der Waals surface area contributed by atoms with Crippen molar-refractivity contribution in [1.29, 1.82) is 0 Å². The van der Waals surface area contributed by atoms with Crippen LogP contribution in [0, 0.1) is 5.82 Å². The van der Waals surface area contributed by atoms with Gasteiger partial charge >= 0.3 is 5.97 Å². The minimum atomic E-state index is -3.82. The van der Waals surface area contributed by atoms with Crippen molar-refractivity contribution in [1.82, 2.24) is 4.98 Å². The highest BCUT2D eigenvalue weighted by atomic mass is 32.2. The second-order valence-corrected chi connectivity index (χ2v) is 10.1. The third-order valence-corrected chi connectivity index (χ3v) is 7.52. The molecule has 2 heterocycles. The van der Waals surface area contributed by atoms with Gasteiger partial charge in [-0.15, -0.1) is 0 Å². The fourth-order valence-electron chi connectivity index (χ4n) is 4.27. The molecule has 184 valence electrons. The van der Waals surface area contributed by atoms with Crippen LogP contribution in [0.15, 0.2) is 83.8 Å². The van der Waals surface area contributed by atoms with Crippen molar-refractivity contribution >= 4 is 44.1 Å². The van der Waals surface area contributed by atoms with Crippen LogP contribution in [-0.4, -0.2) is 50.7 Å². The number of aromatic carboxylic acids is 1. The molecule has 3 aromatic carbocycles. The van der Waals surface area contributed by atoms with Gasteiger partial charge in [-0.25, -0.2) is 22.6 Å². The quantitative estimate of drug-likeness (QED) is 0.404. The lowest BCUT2D eigenvalue weighted by Gasteiger charge is -2.37. The lowest BCUT2D eigenvalue weighted by Crippen LogP contribution is -2.46. The number of anilines is 3. The van der Waals surface area contributed by atoms with Crippen LogP contribution in [0.1, 0.15) is 10.4 Å². The molecule has 36 heavy (non-hydrogen) atoms. The van der Waals surface area contributed by atoms with Crippen LogP contribution >= 0.6 is 0 Å². The van der Waals surface area contributed by atoms with Crippen LogP contribution in [0.25, 0.3) is 10.9 Å². The molecule has 5 rings (SSSR count). The molecule has 10 heteroatoms. The summed E-state index contributed by atoms with van der Waals surface area (Å²) in [6.45, 7) is 2.58. The van der Waals surface area contributed by atoms with Gasteiger partial charge in [0, 0.05) is 42.9 Å². The van der Waals surface area contributed by atoms with E-state index in [1.165, 1.54) is 36.4 Å². The molecule has 0 radical (unpaired) electrons. The van der Waals surface area contributed by atoms with Crippen LogP contribution in [0.2, 0.25) is 0 Å². The average Bonchev–Trinajstić information content (AvgIpc) is 2.89. The van der Waals surface area contributed by atoms with E-state index in [-0.39, 0.29) is 22.0 Å². The average molecular weight is 507 g/mol. The Hall–Kier alpha value is -4.18. The van der Waals surface area contributed by atoms with Crippen molar-refractivity contribution < 1.29 is 22.7 Å². The minimum absolute atomic E-state index is 0.0386. The second kappa shape index (κ2) is 9.46. The Morgan fingerprint density at radius 3 is 2.22 bits per heavy atom. The van der Waals surface area contributed by atoms with Gasteiger partial charge in [-0.3, -0.25) is 4.72 Å². The number of hydrogen-bond acceptors (Lipinski definition) is 6. The van der Waals surface area contributed by atoms with Crippen molar-refractivity contribution in [3.63, 3.8) is 0 Å². The molecule has 0 spiro atoms. The number of benzene rings is 3. The third-order valence-electron chi connectivity index (χ3n) is 6.13. The van der Waals surface area contributed by atoms with E-state index in [1.54, 1.807) is 42.5 Å². The molecular formula is C26H23FN4O4S. The molecule has 0 aliphatic carbocycles. The molecule has 0 bridgehead atoms. The summed E-state index contributed by atoms with van der Waals surface area (Å²) in [5.41, 5.74) is 1.67. The first-order valence-electron chi connectivity index (χ1n) is 11.3. The molecule has 4 aromatic rings. The second-order valence-electron chi connectivity index (χ2n) is 8.43.